The number of carbonyl (C=O) groups is 1. The van der Waals surface area contributed by atoms with E-state index in [-0.39, 0.29) is 18.6 Å². The largest absolute Gasteiger partial charge is 0.394 e. The molecule has 0 aromatic heterocycles. The van der Waals surface area contributed by atoms with Crippen molar-refractivity contribution < 1.29 is 15.0 Å². The van der Waals surface area contributed by atoms with Gasteiger partial charge in [-0.1, -0.05) is 101 Å². The van der Waals surface area contributed by atoms with Gasteiger partial charge in [0.1, 0.15) is 6.10 Å². The van der Waals surface area contributed by atoms with Gasteiger partial charge in [-0.3, -0.25) is 4.79 Å². The molecule has 1 amide bonds. The molecular formula is C26H44N2O3. The van der Waals surface area contributed by atoms with Crippen LogP contribution in [0.25, 0.3) is 0 Å². The van der Waals surface area contributed by atoms with Crippen LogP contribution in [0.5, 0.6) is 0 Å². The fraction of sp³-hybridized carbons (Fsp3) is 0.731. The molecule has 2 rings (SSSR count). The lowest BCUT2D eigenvalue weighted by atomic mass is 9.87. The second-order valence-corrected chi connectivity index (χ2v) is 9.17. The van der Waals surface area contributed by atoms with Gasteiger partial charge >= 0.3 is 0 Å². The summed E-state index contributed by atoms with van der Waals surface area (Å²) in [6.45, 7) is 2.82. The molecule has 0 saturated carbocycles. The fourth-order valence-electron chi connectivity index (χ4n) is 4.59. The number of amides is 1. The summed E-state index contributed by atoms with van der Waals surface area (Å²) in [5.74, 6) is 0.457. The number of unbranched alkanes of at least 4 members (excludes halogenated alkanes) is 8. The monoisotopic (exact) mass is 432 g/mol. The molecule has 5 heteroatoms. The van der Waals surface area contributed by atoms with Crippen molar-refractivity contribution in [2.45, 2.75) is 102 Å². The van der Waals surface area contributed by atoms with Crippen LogP contribution in [-0.2, 0) is 4.79 Å². The molecule has 0 unspecified atom stereocenters. The summed E-state index contributed by atoms with van der Waals surface area (Å²) >= 11 is 0. The lowest BCUT2D eigenvalue weighted by Gasteiger charge is -2.31. The van der Waals surface area contributed by atoms with Crippen LogP contribution in [0.15, 0.2) is 30.3 Å². The molecule has 1 aliphatic heterocycles. The quantitative estimate of drug-likeness (QED) is 0.308. The van der Waals surface area contributed by atoms with E-state index in [2.05, 4.69) is 17.6 Å². The Bertz CT molecular complexity index is 596. The summed E-state index contributed by atoms with van der Waals surface area (Å²) in [6.07, 6.45) is 14.3. The highest BCUT2D eigenvalue weighted by atomic mass is 16.3. The molecule has 5 nitrogen and oxygen atoms in total. The highest BCUT2D eigenvalue weighted by Gasteiger charge is 2.30. The molecule has 31 heavy (non-hydrogen) atoms. The first kappa shape index (κ1) is 25.8. The van der Waals surface area contributed by atoms with E-state index in [0.29, 0.717) is 11.5 Å². The summed E-state index contributed by atoms with van der Waals surface area (Å²) in [7, 11) is 0. The number of aliphatic hydroxyl groups excluding tert-OH is 2. The van der Waals surface area contributed by atoms with Crippen molar-refractivity contribution in [2.75, 3.05) is 13.2 Å². The lowest BCUT2D eigenvalue weighted by molar-refractivity contribution is -0.126. The van der Waals surface area contributed by atoms with E-state index in [0.717, 1.165) is 19.4 Å². The van der Waals surface area contributed by atoms with Crippen molar-refractivity contribution in [3.63, 3.8) is 0 Å². The molecule has 0 spiro atoms. The highest BCUT2D eigenvalue weighted by molar-refractivity contribution is 5.82. The van der Waals surface area contributed by atoms with Gasteiger partial charge in [0.2, 0.25) is 5.91 Å². The zero-order valence-corrected chi connectivity index (χ0v) is 19.4. The number of benzene rings is 1. The summed E-state index contributed by atoms with van der Waals surface area (Å²) in [5.41, 5.74) is 0.696. The second kappa shape index (κ2) is 15.4. The maximum atomic E-state index is 12.8. The molecule has 0 radical (unpaired) electrons. The van der Waals surface area contributed by atoms with E-state index in [1.54, 1.807) is 12.1 Å². The van der Waals surface area contributed by atoms with E-state index in [4.69, 9.17) is 0 Å². The SMILES string of the molecule is CCCCCCCCCCC[C@@H]1CCN[C@H](C(=O)N[C@H](CO)[C@@H](O)c2ccccc2)C1. The number of aliphatic hydroxyl groups is 2. The Hall–Kier alpha value is -1.43. The summed E-state index contributed by atoms with van der Waals surface area (Å²) in [6, 6.07) is 8.23. The van der Waals surface area contributed by atoms with E-state index in [1.807, 2.05) is 18.2 Å². The van der Waals surface area contributed by atoms with Gasteiger partial charge in [-0.25, -0.2) is 0 Å². The predicted octanol–water partition coefficient (Wildman–Crippen LogP) is 4.49. The summed E-state index contributed by atoms with van der Waals surface area (Å²) < 4.78 is 0. The topological polar surface area (TPSA) is 81.6 Å². The van der Waals surface area contributed by atoms with Crippen LogP contribution in [0.4, 0.5) is 0 Å². The second-order valence-electron chi connectivity index (χ2n) is 9.17. The normalized spacial score (nSPS) is 20.9. The van der Waals surface area contributed by atoms with Crippen LogP contribution in [0.3, 0.4) is 0 Å². The van der Waals surface area contributed by atoms with Crippen LogP contribution in [0, 0.1) is 5.92 Å². The van der Waals surface area contributed by atoms with Gasteiger partial charge in [0.05, 0.1) is 18.7 Å². The molecule has 4 atom stereocenters. The predicted molar refractivity (Wildman–Crippen MR) is 127 cm³/mol. The molecule has 4 N–H and O–H groups in total. The van der Waals surface area contributed by atoms with Gasteiger partial charge in [0.25, 0.3) is 0 Å². The molecular weight excluding hydrogens is 388 g/mol. The lowest BCUT2D eigenvalue weighted by Crippen LogP contribution is -2.53. The third-order valence-electron chi connectivity index (χ3n) is 6.59. The van der Waals surface area contributed by atoms with Crippen molar-refractivity contribution in [1.29, 1.82) is 0 Å². The first-order valence-corrected chi connectivity index (χ1v) is 12.5. The number of nitrogens with one attached hydrogen (secondary N) is 2. The number of hydrogen-bond acceptors (Lipinski definition) is 4. The van der Waals surface area contributed by atoms with Crippen LogP contribution in [-0.4, -0.2) is 41.4 Å². The van der Waals surface area contributed by atoms with Crippen molar-refractivity contribution >= 4 is 5.91 Å². The van der Waals surface area contributed by atoms with Crippen LogP contribution in [0.2, 0.25) is 0 Å². The van der Waals surface area contributed by atoms with Crippen molar-refractivity contribution in [3.8, 4) is 0 Å². The van der Waals surface area contributed by atoms with E-state index in [9.17, 15) is 15.0 Å². The number of hydrogen-bond donors (Lipinski definition) is 4. The molecule has 0 aliphatic carbocycles. The van der Waals surface area contributed by atoms with Crippen LogP contribution in [0.1, 0.15) is 95.6 Å². The molecule has 0 bridgehead atoms. The minimum atomic E-state index is -0.920. The number of piperidine rings is 1. The van der Waals surface area contributed by atoms with Gasteiger partial charge < -0.3 is 20.8 Å². The molecule has 176 valence electrons. The van der Waals surface area contributed by atoms with Gasteiger partial charge in [-0.05, 0) is 30.9 Å². The molecule has 1 heterocycles. The highest BCUT2D eigenvalue weighted by Crippen LogP contribution is 2.24. The Labute approximate surface area is 189 Å². The average molecular weight is 433 g/mol. The van der Waals surface area contributed by atoms with Crippen LogP contribution >= 0.6 is 0 Å². The van der Waals surface area contributed by atoms with Crippen molar-refractivity contribution in [3.05, 3.63) is 35.9 Å². The summed E-state index contributed by atoms with van der Waals surface area (Å²) in [4.78, 5) is 12.8. The van der Waals surface area contributed by atoms with E-state index < -0.39 is 12.1 Å². The van der Waals surface area contributed by atoms with Crippen molar-refractivity contribution in [2.24, 2.45) is 5.92 Å². The van der Waals surface area contributed by atoms with Crippen LogP contribution < -0.4 is 10.6 Å². The molecule has 1 aliphatic rings. The standard InChI is InChI=1S/C26H44N2O3/c1-2-3-4-5-6-7-8-9-11-14-21-17-18-27-23(19-21)26(31)28-24(20-29)25(30)22-15-12-10-13-16-22/h10,12-13,15-16,21,23-25,27,29-30H,2-9,11,14,17-20H2,1H3,(H,28,31)/t21-,23+,24-,25+/m1/s1. The first-order valence-electron chi connectivity index (χ1n) is 12.5. The number of carbonyl (C=O) groups excluding carboxylic acids is 1. The summed E-state index contributed by atoms with van der Waals surface area (Å²) in [5, 5.41) is 26.4. The Kier molecular flexibility index (Phi) is 12.8. The maximum absolute atomic E-state index is 12.8. The zero-order chi connectivity index (χ0) is 22.3. The fourth-order valence-corrected chi connectivity index (χ4v) is 4.59. The molecule has 1 aromatic rings. The smallest absolute Gasteiger partial charge is 0.237 e. The first-order chi connectivity index (χ1) is 15.2. The maximum Gasteiger partial charge on any atom is 0.237 e. The zero-order valence-electron chi connectivity index (χ0n) is 19.4. The Morgan fingerprint density at radius 1 is 1.06 bits per heavy atom. The Morgan fingerprint density at radius 2 is 1.71 bits per heavy atom. The third kappa shape index (κ3) is 9.71. The Morgan fingerprint density at radius 3 is 2.35 bits per heavy atom. The Balaban J connectivity index is 1.66. The van der Waals surface area contributed by atoms with Gasteiger partial charge in [0, 0.05) is 0 Å². The van der Waals surface area contributed by atoms with Crippen molar-refractivity contribution in [1.82, 2.24) is 10.6 Å². The average Bonchev–Trinajstić information content (AvgIpc) is 2.81. The van der Waals surface area contributed by atoms with Gasteiger partial charge in [-0.2, -0.15) is 0 Å². The molecule has 1 fully saturated rings. The minimum absolute atomic E-state index is 0.120. The molecule has 1 aromatic carbocycles. The van der Waals surface area contributed by atoms with E-state index in [1.165, 1.54) is 64.2 Å². The molecule has 1 saturated heterocycles. The van der Waals surface area contributed by atoms with Gasteiger partial charge in [-0.15, -0.1) is 0 Å². The minimum Gasteiger partial charge on any atom is -0.394 e. The number of rotatable bonds is 15. The van der Waals surface area contributed by atoms with Gasteiger partial charge in [0.15, 0.2) is 0 Å². The third-order valence-corrected chi connectivity index (χ3v) is 6.59. The van der Waals surface area contributed by atoms with E-state index >= 15 is 0 Å².